The summed E-state index contributed by atoms with van der Waals surface area (Å²) in [5.74, 6) is 0.606. The number of hydrogen-bond acceptors (Lipinski definition) is 2. The monoisotopic (exact) mass is 242 g/mol. The first-order valence-corrected chi connectivity index (χ1v) is 6.18. The molecule has 0 aliphatic carbocycles. The summed E-state index contributed by atoms with van der Waals surface area (Å²) in [6.45, 7) is 7.16. The molecule has 0 bridgehead atoms. The van der Waals surface area contributed by atoms with Crippen LogP contribution in [-0.2, 0) is 13.0 Å². The second-order valence-corrected chi connectivity index (χ2v) is 4.78. The zero-order valence-electron chi connectivity index (χ0n) is 10.2. The number of aldehydes is 1. The summed E-state index contributed by atoms with van der Waals surface area (Å²) in [6, 6.07) is 0. The summed E-state index contributed by atoms with van der Waals surface area (Å²) in [6.07, 6.45) is 3.61. The number of carbonyl (C=O) groups excluding carboxylic acids is 1. The number of nitrogens with zero attached hydrogens (tertiary/aromatic N) is 2. The lowest BCUT2D eigenvalue weighted by molar-refractivity contribution is 0.112. The summed E-state index contributed by atoms with van der Waals surface area (Å²) in [4.78, 5) is 10.9. The minimum absolute atomic E-state index is 0.485. The fraction of sp³-hybridized carbons (Fsp3) is 0.667. The molecule has 0 fully saturated rings. The van der Waals surface area contributed by atoms with E-state index >= 15 is 0 Å². The molecule has 0 spiro atoms. The van der Waals surface area contributed by atoms with Gasteiger partial charge in [0.05, 0.1) is 11.3 Å². The van der Waals surface area contributed by atoms with Crippen LogP contribution in [0.5, 0.6) is 0 Å². The van der Waals surface area contributed by atoms with Crippen LogP contribution in [0, 0.1) is 5.92 Å². The molecule has 1 aromatic rings. The highest BCUT2D eigenvalue weighted by Crippen LogP contribution is 2.20. The fourth-order valence-corrected chi connectivity index (χ4v) is 1.84. The second-order valence-electron chi connectivity index (χ2n) is 4.42. The van der Waals surface area contributed by atoms with Gasteiger partial charge in [-0.2, -0.15) is 5.10 Å². The van der Waals surface area contributed by atoms with Gasteiger partial charge in [-0.1, -0.05) is 38.8 Å². The van der Waals surface area contributed by atoms with Gasteiger partial charge >= 0.3 is 0 Å². The van der Waals surface area contributed by atoms with Gasteiger partial charge < -0.3 is 0 Å². The summed E-state index contributed by atoms with van der Waals surface area (Å²) >= 11 is 6.12. The van der Waals surface area contributed by atoms with Crippen LogP contribution in [0.2, 0.25) is 5.15 Å². The van der Waals surface area contributed by atoms with Crippen LogP contribution in [0.15, 0.2) is 0 Å². The summed E-state index contributed by atoms with van der Waals surface area (Å²) in [5.41, 5.74) is 1.39. The second kappa shape index (κ2) is 6.04. The predicted octanol–water partition coefficient (Wildman–Crippen LogP) is 3.35. The molecule has 1 rings (SSSR count). The average Bonchev–Trinajstić information content (AvgIpc) is 2.52. The lowest BCUT2D eigenvalue weighted by atomic mass is 10.1. The molecule has 90 valence electrons. The van der Waals surface area contributed by atoms with E-state index in [9.17, 15) is 4.79 Å². The molecule has 0 aromatic carbocycles. The zero-order chi connectivity index (χ0) is 12.1. The van der Waals surface area contributed by atoms with Gasteiger partial charge in [0.25, 0.3) is 0 Å². The van der Waals surface area contributed by atoms with E-state index in [1.807, 2.05) is 0 Å². The molecule has 0 amide bonds. The maximum absolute atomic E-state index is 10.9. The van der Waals surface area contributed by atoms with Crippen LogP contribution < -0.4 is 0 Å². The van der Waals surface area contributed by atoms with Crippen LogP contribution in [-0.4, -0.2) is 16.1 Å². The van der Waals surface area contributed by atoms with Gasteiger partial charge in [0.15, 0.2) is 6.29 Å². The molecule has 0 radical (unpaired) electrons. The third-order valence-electron chi connectivity index (χ3n) is 2.52. The van der Waals surface area contributed by atoms with Crippen LogP contribution in [0.3, 0.4) is 0 Å². The van der Waals surface area contributed by atoms with Crippen molar-refractivity contribution in [3.63, 3.8) is 0 Å². The maximum Gasteiger partial charge on any atom is 0.155 e. The van der Waals surface area contributed by atoms with Crippen molar-refractivity contribution in [1.82, 2.24) is 9.78 Å². The Balaban J connectivity index is 2.88. The van der Waals surface area contributed by atoms with E-state index in [4.69, 9.17) is 11.6 Å². The molecule has 16 heavy (non-hydrogen) atoms. The first kappa shape index (κ1) is 13.2. The predicted molar refractivity (Wildman–Crippen MR) is 66.1 cm³/mol. The van der Waals surface area contributed by atoms with E-state index in [1.165, 1.54) is 0 Å². The quantitative estimate of drug-likeness (QED) is 0.717. The number of carbonyl (C=O) groups is 1. The van der Waals surface area contributed by atoms with Crippen molar-refractivity contribution < 1.29 is 4.79 Å². The maximum atomic E-state index is 10.9. The van der Waals surface area contributed by atoms with Crippen molar-refractivity contribution in [2.24, 2.45) is 5.92 Å². The van der Waals surface area contributed by atoms with Crippen molar-refractivity contribution in [1.29, 1.82) is 0 Å². The molecule has 0 aliphatic heterocycles. The summed E-state index contributed by atoms with van der Waals surface area (Å²) in [7, 11) is 0. The Hall–Kier alpha value is -0.830. The molecule has 0 saturated heterocycles. The molecule has 1 aromatic heterocycles. The van der Waals surface area contributed by atoms with Crippen LogP contribution in [0.1, 0.15) is 49.7 Å². The standard InChI is InChI=1S/C12H19ClN2O/c1-4-5-11-10(8-16)12(13)15(14-11)7-6-9(2)3/h8-9H,4-7H2,1-3H3. The molecule has 3 nitrogen and oxygen atoms in total. The largest absolute Gasteiger partial charge is 0.298 e. The van der Waals surface area contributed by atoms with E-state index in [0.717, 1.165) is 37.8 Å². The first-order valence-electron chi connectivity index (χ1n) is 5.80. The Labute approximate surface area is 102 Å². The lowest BCUT2D eigenvalue weighted by Crippen LogP contribution is -2.04. The van der Waals surface area contributed by atoms with Gasteiger partial charge in [0.1, 0.15) is 5.15 Å². The Morgan fingerprint density at radius 1 is 1.50 bits per heavy atom. The molecule has 0 atom stereocenters. The van der Waals surface area contributed by atoms with E-state index in [-0.39, 0.29) is 0 Å². The molecule has 0 aliphatic rings. The van der Waals surface area contributed by atoms with Gasteiger partial charge in [0, 0.05) is 6.54 Å². The van der Waals surface area contributed by atoms with E-state index < -0.39 is 0 Å². The van der Waals surface area contributed by atoms with Crippen molar-refractivity contribution in [2.75, 3.05) is 0 Å². The molecule has 0 saturated carbocycles. The van der Waals surface area contributed by atoms with Crippen LogP contribution in [0.4, 0.5) is 0 Å². The highest BCUT2D eigenvalue weighted by molar-refractivity contribution is 6.32. The Bertz CT molecular complexity index is 358. The zero-order valence-corrected chi connectivity index (χ0v) is 10.9. The first-order chi connectivity index (χ1) is 7.60. The SMILES string of the molecule is CCCc1nn(CCC(C)C)c(Cl)c1C=O. The normalized spacial score (nSPS) is 11.1. The van der Waals surface area contributed by atoms with Crippen LogP contribution >= 0.6 is 11.6 Å². The molecular formula is C12H19ClN2O. The highest BCUT2D eigenvalue weighted by atomic mass is 35.5. The summed E-state index contributed by atoms with van der Waals surface area (Å²) < 4.78 is 1.75. The third-order valence-corrected chi connectivity index (χ3v) is 2.92. The number of hydrogen-bond donors (Lipinski definition) is 0. The van der Waals surface area contributed by atoms with E-state index in [2.05, 4.69) is 25.9 Å². The summed E-state index contributed by atoms with van der Waals surface area (Å²) in [5, 5.41) is 4.88. The van der Waals surface area contributed by atoms with Crippen molar-refractivity contribution in [2.45, 2.75) is 46.6 Å². The van der Waals surface area contributed by atoms with Gasteiger partial charge in [-0.05, 0) is 18.8 Å². The van der Waals surface area contributed by atoms with E-state index in [1.54, 1.807) is 4.68 Å². The fourth-order valence-electron chi connectivity index (χ4n) is 1.57. The van der Waals surface area contributed by atoms with Gasteiger partial charge in [-0.15, -0.1) is 0 Å². The van der Waals surface area contributed by atoms with Crippen molar-refractivity contribution in [3.05, 3.63) is 16.4 Å². The number of aromatic nitrogens is 2. The Morgan fingerprint density at radius 2 is 2.19 bits per heavy atom. The van der Waals surface area contributed by atoms with Crippen molar-refractivity contribution in [3.8, 4) is 0 Å². The number of halogens is 1. The number of rotatable bonds is 6. The van der Waals surface area contributed by atoms with Crippen LogP contribution in [0.25, 0.3) is 0 Å². The lowest BCUT2D eigenvalue weighted by Gasteiger charge is -2.05. The number of aryl methyl sites for hydroxylation is 2. The molecule has 1 heterocycles. The Kier molecular flexibility index (Phi) is 5.00. The average molecular weight is 243 g/mol. The minimum Gasteiger partial charge on any atom is -0.298 e. The highest BCUT2D eigenvalue weighted by Gasteiger charge is 2.14. The molecule has 0 unspecified atom stereocenters. The van der Waals surface area contributed by atoms with E-state index in [0.29, 0.717) is 16.6 Å². The molecular weight excluding hydrogens is 224 g/mol. The topological polar surface area (TPSA) is 34.9 Å². The van der Waals surface area contributed by atoms with Crippen molar-refractivity contribution >= 4 is 17.9 Å². The molecule has 0 N–H and O–H groups in total. The minimum atomic E-state index is 0.485. The van der Waals surface area contributed by atoms with Gasteiger partial charge in [0.2, 0.25) is 0 Å². The smallest absolute Gasteiger partial charge is 0.155 e. The Morgan fingerprint density at radius 3 is 2.69 bits per heavy atom. The van der Waals surface area contributed by atoms with Gasteiger partial charge in [-0.3, -0.25) is 9.48 Å². The van der Waals surface area contributed by atoms with Gasteiger partial charge in [-0.25, -0.2) is 0 Å². The molecule has 4 heteroatoms. The third kappa shape index (κ3) is 3.08.